The van der Waals surface area contributed by atoms with Gasteiger partial charge in [-0.05, 0) is 32.1 Å². The van der Waals surface area contributed by atoms with Crippen LogP contribution < -0.4 is 15.2 Å². The van der Waals surface area contributed by atoms with Gasteiger partial charge in [-0.3, -0.25) is 0 Å². The number of rotatable bonds is 5. The summed E-state index contributed by atoms with van der Waals surface area (Å²) in [5.41, 5.74) is 6.11. The number of anilines is 1. The molecule has 100 valence electrons. The zero-order valence-electron chi connectivity index (χ0n) is 10.7. The summed E-state index contributed by atoms with van der Waals surface area (Å²) in [7, 11) is 0. The van der Waals surface area contributed by atoms with Crippen LogP contribution in [0.15, 0.2) is 12.1 Å². The van der Waals surface area contributed by atoms with E-state index in [0.717, 1.165) is 19.3 Å². The van der Waals surface area contributed by atoms with Gasteiger partial charge in [-0.25, -0.2) is 4.39 Å². The average Bonchev–Trinajstić information content (AvgIpc) is 2.84. The summed E-state index contributed by atoms with van der Waals surface area (Å²) in [4.78, 5) is 0. The predicted molar refractivity (Wildman–Crippen MR) is 69.5 cm³/mol. The Morgan fingerprint density at radius 1 is 1.28 bits per heavy atom. The molecule has 1 aliphatic carbocycles. The van der Waals surface area contributed by atoms with Crippen LogP contribution in [0.1, 0.15) is 39.0 Å². The first-order valence-electron chi connectivity index (χ1n) is 6.59. The van der Waals surface area contributed by atoms with Gasteiger partial charge in [0.1, 0.15) is 5.75 Å². The Labute approximate surface area is 107 Å². The van der Waals surface area contributed by atoms with E-state index in [1.807, 2.05) is 6.92 Å². The topological polar surface area (TPSA) is 44.5 Å². The van der Waals surface area contributed by atoms with E-state index in [1.165, 1.54) is 18.9 Å². The lowest BCUT2D eigenvalue weighted by molar-refractivity contribution is 0.209. The minimum absolute atomic E-state index is 0.205. The van der Waals surface area contributed by atoms with Crippen molar-refractivity contribution in [2.24, 2.45) is 0 Å². The highest BCUT2D eigenvalue weighted by Gasteiger charge is 2.19. The van der Waals surface area contributed by atoms with Gasteiger partial charge in [0, 0.05) is 12.1 Å². The standard InChI is InChI=1S/C14H20FNO2/c1-2-7-17-13-9-14(12(16)8-11(13)15)18-10-5-3-4-6-10/h8-10H,2-7,16H2,1H3. The molecule has 0 aromatic heterocycles. The molecule has 1 fully saturated rings. The van der Waals surface area contributed by atoms with Crippen LogP contribution in [0.4, 0.5) is 10.1 Å². The smallest absolute Gasteiger partial charge is 0.167 e. The molecule has 1 aliphatic rings. The van der Waals surface area contributed by atoms with E-state index in [0.29, 0.717) is 18.0 Å². The average molecular weight is 253 g/mol. The quantitative estimate of drug-likeness (QED) is 0.816. The molecule has 2 N–H and O–H groups in total. The van der Waals surface area contributed by atoms with Crippen LogP contribution in [0.3, 0.4) is 0 Å². The van der Waals surface area contributed by atoms with Crippen LogP contribution in [0, 0.1) is 5.82 Å². The Hall–Kier alpha value is -1.45. The van der Waals surface area contributed by atoms with Gasteiger partial charge in [-0.15, -0.1) is 0 Å². The van der Waals surface area contributed by atoms with Crippen LogP contribution in [0.5, 0.6) is 11.5 Å². The molecule has 2 rings (SSSR count). The summed E-state index contributed by atoms with van der Waals surface area (Å²) < 4.78 is 24.8. The molecule has 0 spiro atoms. The van der Waals surface area contributed by atoms with Crippen LogP contribution in [0.2, 0.25) is 0 Å². The van der Waals surface area contributed by atoms with E-state index in [9.17, 15) is 4.39 Å². The molecule has 4 heteroatoms. The Morgan fingerprint density at radius 2 is 2.00 bits per heavy atom. The summed E-state index contributed by atoms with van der Waals surface area (Å²) in [6.45, 7) is 2.47. The normalized spacial score (nSPS) is 15.9. The van der Waals surface area contributed by atoms with Crippen LogP contribution in [-0.2, 0) is 0 Å². The van der Waals surface area contributed by atoms with Crippen molar-refractivity contribution in [3.05, 3.63) is 17.9 Å². The van der Waals surface area contributed by atoms with Gasteiger partial charge in [0.15, 0.2) is 11.6 Å². The monoisotopic (exact) mass is 253 g/mol. The summed E-state index contributed by atoms with van der Waals surface area (Å²) in [6.07, 6.45) is 5.50. The lowest BCUT2D eigenvalue weighted by Crippen LogP contribution is -2.12. The Bertz CT molecular complexity index is 403. The molecule has 1 saturated carbocycles. The first-order chi connectivity index (χ1) is 8.70. The zero-order valence-corrected chi connectivity index (χ0v) is 10.7. The van der Waals surface area contributed by atoms with E-state index in [2.05, 4.69) is 0 Å². The van der Waals surface area contributed by atoms with Gasteiger partial charge in [0.05, 0.1) is 18.4 Å². The van der Waals surface area contributed by atoms with E-state index in [1.54, 1.807) is 6.07 Å². The molecule has 1 aromatic rings. The fraction of sp³-hybridized carbons (Fsp3) is 0.571. The fourth-order valence-electron chi connectivity index (χ4n) is 2.16. The SMILES string of the molecule is CCCOc1cc(OC2CCCC2)c(N)cc1F. The highest BCUT2D eigenvalue weighted by molar-refractivity contribution is 5.56. The van der Waals surface area contributed by atoms with Crippen LogP contribution >= 0.6 is 0 Å². The predicted octanol–water partition coefficient (Wildman–Crippen LogP) is 3.52. The Kier molecular flexibility index (Phi) is 4.28. The van der Waals surface area contributed by atoms with Gasteiger partial charge >= 0.3 is 0 Å². The van der Waals surface area contributed by atoms with E-state index < -0.39 is 5.82 Å². The van der Waals surface area contributed by atoms with Gasteiger partial charge < -0.3 is 15.2 Å². The second kappa shape index (κ2) is 5.94. The van der Waals surface area contributed by atoms with Crippen molar-refractivity contribution in [2.45, 2.75) is 45.1 Å². The molecular formula is C14H20FNO2. The fourth-order valence-corrected chi connectivity index (χ4v) is 2.16. The molecule has 0 saturated heterocycles. The highest BCUT2D eigenvalue weighted by atomic mass is 19.1. The van der Waals surface area contributed by atoms with Crippen molar-refractivity contribution in [3.8, 4) is 11.5 Å². The minimum Gasteiger partial charge on any atom is -0.490 e. The van der Waals surface area contributed by atoms with Crippen molar-refractivity contribution < 1.29 is 13.9 Å². The number of hydrogen-bond acceptors (Lipinski definition) is 3. The first-order valence-corrected chi connectivity index (χ1v) is 6.59. The summed E-state index contributed by atoms with van der Waals surface area (Å²) >= 11 is 0. The maximum Gasteiger partial charge on any atom is 0.167 e. The van der Waals surface area contributed by atoms with Crippen molar-refractivity contribution in [1.82, 2.24) is 0 Å². The van der Waals surface area contributed by atoms with Crippen molar-refractivity contribution in [2.75, 3.05) is 12.3 Å². The largest absolute Gasteiger partial charge is 0.490 e. The molecule has 1 aromatic carbocycles. The van der Waals surface area contributed by atoms with Crippen LogP contribution in [-0.4, -0.2) is 12.7 Å². The molecule has 0 bridgehead atoms. The molecule has 18 heavy (non-hydrogen) atoms. The highest BCUT2D eigenvalue weighted by Crippen LogP contribution is 2.33. The van der Waals surface area contributed by atoms with Gasteiger partial charge in [0.25, 0.3) is 0 Å². The summed E-state index contributed by atoms with van der Waals surface area (Å²) in [6, 6.07) is 2.84. The van der Waals surface area contributed by atoms with Gasteiger partial charge in [0.2, 0.25) is 0 Å². The number of benzene rings is 1. The third-order valence-electron chi connectivity index (χ3n) is 3.12. The third kappa shape index (κ3) is 3.06. The lowest BCUT2D eigenvalue weighted by atomic mass is 10.2. The van der Waals surface area contributed by atoms with Gasteiger partial charge in [-0.2, -0.15) is 0 Å². The third-order valence-corrected chi connectivity index (χ3v) is 3.12. The molecule has 3 nitrogen and oxygen atoms in total. The number of nitrogens with two attached hydrogens (primary N) is 1. The summed E-state index contributed by atoms with van der Waals surface area (Å²) in [5.74, 6) is 0.327. The van der Waals surface area contributed by atoms with Crippen molar-refractivity contribution in [3.63, 3.8) is 0 Å². The summed E-state index contributed by atoms with van der Waals surface area (Å²) in [5, 5.41) is 0. The second-order valence-electron chi connectivity index (χ2n) is 4.69. The molecule has 0 heterocycles. The molecule has 0 atom stereocenters. The maximum absolute atomic E-state index is 13.6. The zero-order chi connectivity index (χ0) is 13.0. The molecule has 0 unspecified atom stereocenters. The maximum atomic E-state index is 13.6. The minimum atomic E-state index is -0.431. The number of halogens is 1. The number of nitrogen functional groups attached to an aromatic ring is 1. The Morgan fingerprint density at radius 3 is 2.67 bits per heavy atom. The van der Waals surface area contributed by atoms with Crippen molar-refractivity contribution >= 4 is 5.69 Å². The molecule has 0 radical (unpaired) electrons. The Balaban J connectivity index is 2.12. The first kappa shape index (κ1) is 13.0. The lowest BCUT2D eigenvalue weighted by Gasteiger charge is -2.16. The number of ether oxygens (including phenoxy) is 2. The van der Waals surface area contributed by atoms with Crippen LogP contribution in [0.25, 0.3) is 0 Å². The molecule has 0 aliphatic heterocycles. The van der Waals surface area contributed by atoms with Gasteiger partial charge in [-0.1, -0.05) is 6.92 Å². The van der Waals surface area contributed by atoms with Crippen molar-refractivity contribution in [1.29, 1.82) is 0 Å². The van der Waals surface area contributed by atoms with E-state index in [4.69, 9.17) is 15.2 Å². The number of hydrogen-bond donors (Lipinski definition) is 1. The van der Waals surface area contributed by atoms with E-state index in [-0.39, 0.29) is 11.9 Å². The second-order valence-corrected chi connectivity index (χ2v) is 4.69. The molecule has 0 amide bonds. The van der Waals surface area contributed by atoms with E-state index >= 15 is 0 Å². The molecular weight excluding hydrogens is 233 g/mol.